The first kappa shape index (κ1) is 9.41. The van der Waals surface area contributed by atoms with Gasteiger partial charge in [-0.3, -0.25) is 0 Å². The molecular weight excluding hydrogens is 127 g/mol. The predicted octanol–water partition coefficient (Wildman–Crippen LogP) is 3.46. The fraction of sp³-hybridized carbons (Fsp3) is 0.556. The molecule has 0 aliphatic carbocycles. The van der Waals surface area contributed by atoms with Crippen molar-refractivity contribution in [3.63, 3.8) is 0 Å². The highest BCUT2D eigenvalue weighted by atomic mass is 19.1. The van der Waals surface area contributed by atoms with Crippen molar-refractivity contribution in [1.82, 2.24) is 0 Å². The van der Waals surface area contributed by atoms with Gasteiger partial charge in [-0.05, 0) is 20.3 Å². The molecule has 0 rings (SSSR count). The molecule has 0 nitrogen and oxygen atoms in total. The molecule has 1 heteroatoms. The average molecular weight is 142 g/mol. The number of hydrogen-bond donors (Lipinski definition) is 0. The van der Waals surface area contributed by atoms with Crippen molar-refractivity contribution >= 4 is 0 Å². The van der Waals surface area contributed by atoms with Crippen LogP contribution in [0.4, 0.5) is 4.39 Å². The van der Waals surface area contributed by atoms with E-state index in [1.807, 2.05) is 13.8 Å². The summed E-state index contributed by atoms with van der Waals surface area (Å²) in [6.07, 6.45) is 2.25. The molecule has 0 aromatic rings. The third-order valence-electron chi connectivity index (χ3n) is 1.40. The first-order valence-electron chi connectivity index (χ1n) is 3.54. The second kappa shape index (κ2) is 4.26. The van der Waals surface area contributed by atoms with Gasteiger partial charge in [-0.1, -0.05) is 18.6 Å². The highest BCUT2D eigenvalue weighted by molar-refractivity contribution is 5.00. The normalized spacial score (nSPS) is 15.0. The summed E-state index contributed by atoms with van der Waals surface area (Å²) in [7, 11) is 0. The van der Waals surface area contributed by atoms with Crippen LogP contribution >= 0.6 is 0 Å². The number of halogens is 1. The first-order chi connectivity index (χ1) is 4.57. The van der Waals surface area contributed by atoms with Gasteiger partial charge in [0.1, 0.15) is 0 Å². The molecule has 0 aliphatic rings. The van der Waals surface area contributed by atoms with Crippen LogP contribution in [-0.2, 0) is 0 Å². The van der Waals surface area contributed by atoms with E-state index in [0.717, 1.165) is 12.0 Å². The molecule has 0 fully saturated rings. The van der Waals surface area contributed by atoms with E-state index < -0.39 is 0 Å². The molecule has 0 heterocycles. The summed E-state index contributed by atoms with van der Waals surface area (Å²) in [6, 6.07) is 0. The lowest BCUT2D eigenvalue weighted by Crippen LogP contribution is -1.94. The SMILES string of the molecule is C=C(C)CC(C)/C(F)=C\C. The van der Waals surface area contributed by atoms with Crippen LogP contribution in [0.2, 0.25) is 0 Å². The van der Waals surface area contributed by atoms with Gasteiger partial charge in [0.15, 0.2) is 0 Å². The maximum Gasteiger partial charge on any atom is 0.0988 e. The van der Waals surface area contributed by atoms with E-state index in [1.54, 1.807) is 6.92 Å². The molecule has 1 unspecified atom stereocenters. The maximum absolute atomic E-state index is 12.7. The highest BCUT2D eigenvalue weighted by Crippen LogP contribution is 2.18. The van der Waals surface area contributed by atoms with Crippen LogP contribution in [0, 0.1) is 5.92 Å². The second-order valence-electron chi connectivity index (χ2n) is 2.74. The van der Waals surface area contributed by atoms with Crippen molar-refractivity contribution < 1.29 is 4.39 Å². The zero-order chi connectivity index (χ0) is 8.15. The topological polar surface area (TPSA) is 0 Å². The predicted molar refractivity (Wildman–Crippen MR) is 43.5 cm³/mol. The molecule has 0 aliphatic heterocycles. The summed E-state index contributed by atoms with van der Waals surface area (Å²) in [6.45, 7) is 9.21. The van der Waals surface area contributed by atoms with Crippen LogP contribution in [0.3, 0.4) is 0 Å². The molecule has 0 spiro atoms. The van der Waals surface area contributed by atoms with Gasteiger partial charge in [0.05, 0.1) is 5.83 Å². The largest absolute Gasteiger partial charge is 0.212 e. The van der Waals surface area contributed by atoms with Gasteiger partial charge in [-0.2, -0.15) is 0 Å². The van der Waals surface area contributed by atoms with E-state index >= 15 is 0 Å². The fourth-order valence-electron chi connectivity index (χ4n) is 0.905. The molecule has 0 N–H and O–H groups in total. The summed E-state index contributed by atoms with van der Waals surface area (Å²) < 4.78 is 12.7. The van der Waals surface area contributed by atoms with Gasteiger partial charge in [-0.25, -0.2) is 4.39 Å². The van der Waals surface area contributed by atoms with Crippen molar-refractivity contribution in [1.29, 1.82) is 0 Å². The lowest BCUT2D eigenvalue weighted by atomic mass is 10.0. The molecule has 0 saturated carbocycles. The van der Waals surface area contributed by atoms with Crippen LogP contribution in [0.25, 0.3) is 0 Å². The van der Waals surface area contributed by atoms with E-state index in [4.69, 9.17) is 0 Å². The van der Waals surface area contributed by atoms with Gasteiger partial charge < -0.3 is 0 Å². The Bertz CT molecular complexity index is 145. The van der Waals surface area contributed by atoms with E-state index in [-0.39, 0.29) is 11.7 Å². The molecule has 0 radical (unpaired) electrons. The first-order valence-corrected chi connectivity index (χ1v) is 3.54. The van der Waals surface area contributed by atoms with Crippen LogP contribution in [0.15, 0.2) is 24.1 Å². The minimum absolute atomic E-state index is 0.00231. The van der Waals surface area contributed by atoms with E-state index in [2.05, 4.69) is 6.58 Å². The van der Waals surface area contributed by atoms with Crippen molar-refractivity contribution in [3.8, 4) is 0 Å². The Kier molecular flexibility index (Phi) is 4.01. The minimum Gasteiger partial charge on any atom is -0.212 e. The Hall–Kier alpha value is -0.590. The van der Waals surface area contributed by atoms with Crippen molar-refractivity contribution in [2.45, 2.75) is 27.2 Å². The highest BCUT2D eigenvalue weighted by Gasteiger charge is 2.05. The van der Waals surface area contributed by atoms with E-state index in [1.165, 1.54) is 6.08 Å². The third-order valence-corrected chi connectivity index (χ3v) is 1.40. The Morgan fingerprint density at radius 3 is 2.50 bits per heavy atom. The Labute approximate surface area is 62.4 Å². The van der Waals surface area contributed by atoms with Crippen molar-refractivity contribution in [2.24, 2.45) is 5.92 Å². The molecule has 0 amide bonds. The number of rotatable bonds is 3. The standard InChI is InChI=1S/C9H15F/c1-5-9(10)8(4)6-7(2)3/h5,8H,2,6H2,1,3-4H3/b9-5+. The van der Waals surface area contributed by atoms with E-state index in [9.17, 15) is 4.39 Å². The minimum atomic E-state index is -0.0389. The fourth-order valence-corrected chi connectivity index (χ4v) is 0.905. The summed E-state index contributed by atoms with van der Waals surface area (Å²) >= 11 is 0. The van der Waals surface area contributed by atoms with Crippen LogP contribution in [0.5, 0.6) is 0 Å². The number of hydrogen-bond acceptors (Lipinski definition) is 0. The van der Waals surface area contributed by atoms with Gasteiger partial charge in [0.25, 0.3) is 0 Å². The Balaban J connectivity index is 3.85. The summed E-state index contributed by atoms with van der Waals surface area (Å²) in [5.41, 5.74) is 1.03. The second-order valence-corrected chi connectivity index (χ2v) is 2.74. The van der Waals surface area contributed by atoms with Gasteiger partial charge >= 0.3 is 0 Å². The molecule has 0 bridgehead atoms. The number of allylic oxidation sites excluding steroid dienone is 3. The Morgan fingerprint density at radius 1 is 1.70 bits per heavy atom. The monoisotopic (exact) mass is 142 g/mol. The molecule has 1 atom stereocenters. The van der Waals surface area contributed by atoms with Gasteiger partial charge in [0, 0.05) is 5.92 Å². The lowest BCUT2D eigenvalue weighted by molar-refractivity contribution is 0.488. The molecule has 0 aromatic carbocycles. The maximum atomic E-state index is 12.7. The molecule has 0 aromatic heterocycles. The van der Waals surface area contributed by atoms with Crippen molar-refractivity contribution in [2.75, 3.05) is 0 Å². The third kappa shape index (κ3) is 3.44. The average Bonchev–Trinajstić information content (AvgIpc) is 1.85. The summed E-state index contributed by atoms with van der Waals surface area (Å²) in [4.78, 5) is 0. The summed E-state index contributed by atoms with van der Waals surface area (Å²) in [5.74, 6) is -0.0366. The summed E-state index contributed by atoms with van der Waals surface area (Å²) in [5, 5.41) is 0. The smallest absolute Gasteiger partial charge is 0.0988 e. The molecule has 10 heavy (non-hydrogen) atoms. The zero-order valence-electron chi connectivity index (χ0n) is 6.95. The van der Waals surface area contributed by atoms with Crippen LogP contribution < -0.4 is 0 Å². The van der Waals surface area contributed by atoms with Crippen LogP contribution in [0.1, 0.15) is 27.2 Å². The Morgan fingerprint density at radius 2 is 2.20 bits per heavy atom. The quantitative estimate of drug-likeness (QED) is 0.529. The molecule has 0 saturated heterocycles. The van der Waals surface area contributed by atoms with E-state index in [0.29, 0.717) is 0 Å². The van der Waals surface area contributed by atoms with Gasteiger partial charge in [-0.15, -0.1) is 6.58 Å². The molecular formula is C9H15F. The molecule has 58 valence electrons. The van der Waals surface area contributed by atoms with Gasteiger partial charge in [0.2, 0.25) is 0 Å². The van der Waals surface area contributed by atoms with Crippen LogP contribution in [-0.4, -0.2) is 0 Å². The zero-order valence-corrected chi connectivity index (χ0v) is 6.95. The lowest BCUT2D eigenvalue weighted by Gasteiger charge is -2.07. The van der Waals surface area contributed by atoms with Crippen molar-refractivity contribution in [3.05, 3.63) is 24.1 Å².